The third-order valence-corrected chi connectivity index (χ3v) is 9.05. The lowest BCUT2D eigenvalue weighted by Gasteiger charge is -2.58. The first kappa shape index (κ1) is 18.5. The van der Waals surface area contributed by atoms with E-state index in [-0.39, 0.29) is 18.2 Å². The molecule has 0 aromatic carbocycles. The van der Waals surface area contributed by atoms with Crippen molar-refractivity contribution >= 4 is 5.97 Å². The minimum absolute atomic E-state index is 0.0864. The number of allylic oxidation sites excluding steroid dienone is 1. The van der Waals surface area contributed by atoms with Crippen LogP contribution in [0.1, 0.15) is 79.1 Å². The van der Waals surface area contributed by atoms with Crippen LogP contribution >= 0.6 is 0 Å². The largest absolute Gasteiger partial charge is 0.462 e. The molecule has 0 bridgehead atoms. The molecule has 4 rings (SSSR count). The van der Waals surface area contributed by atoms with Gasteiger partial charge in [-0.2, -0.15) is 0 Å². The van der Waals surface area contributed by atoms with Crippen molar-refractivity contribution in [1.82, 2.24) is 0 Å². The summed E-state index contributed by atoms with van der Waals surface area (Å²) < 4.78 is 5.54. The van der Waals surface area contributed by atoms with Gasteiger partial charge < -0.3 is 9.84 Å². The highest BCUT2D eigenvalue weighted by Gasteiger charge is 2.59. The molecule has 0 aromatic heterocycles. The molecule has 3 saturated carbocycles. The van der Waals surface area contributed by atoms with Gasteiger partial charge in [-0.1, -0.05) is 25.5 Å². The highest BCUT2D eigenvalue weighted by Crippen LogP contribution is 2.66. The van der Waals surface area contributed by atoms with Gasteiger partial charge in [0.2, 0.25) is 0 Å². The summed E-state index contributed by atoms with van der Waals surface area (Å²) in [4.78, 5) is 11.4. The number of aliphatic hydroxyl groups excluding tert-OH is 1. The predicted molar refractivity (Wildman–Crippen MR) is 102 cm³/mol. The fourth-order valence-electron chi connectivity index (χ4n) is 7.80. The molecule has 146 valence electrons. The van der Waals surface area contributed by atoms with E-state index < -0.39 is 0 Å². The van der Waals surface area contributed by atoms with Gasteiger partial charge in [0.05, 0.1) is 6.10 Å². The fourth-order valence-corrected chi connectivity index (χ4v) is 7.80. The van der Waals surface area contributed by atoms with Gasteiger partial charge in [0.25, 0.3) is 0 Å². The number of hydrogen-bond acceptors (Lipinski definition) is 3. The minimum atomic E-state index is -0.175. The van der Waals surface area contributed by atoms with Crippen LogP contribution in [0.3, 0.4) is 0 Å². The van der Waals surface area contributed by atoms with Crippen LogP contribution in [0.5, 0.6) is 0 Å². The second-order valence-corrected chi connectivity index (χ2v) is 10.2. The Morgan fingerprint density at radius 2 is 1.96 bits per heavy atom. The van der Waals surface area contributed by atoms with Crippen LogP contribution < -0.4 is 0 Å². The molecule has 0 spiro atoms. The lowest BCUT2D eigenvalue weighted by atomic mass is 9.47. The van der Waals surface area contributed by atoms with Crippen LogP contribution in [0.4, 0.5) is 0 Å². The molecule has 3 heteroatoms. The zero-order valence-corrected chi connectivity index (χ0v) is 17.0. The second kappa shape index (κ2) is 6.36. The van der Waals surface area contributed by atoms with Crippen LogP contribution in [0.25, 0.3) is 0 Å². The molecule has 0 aliphatic heterocycles. The summed E-state index contributed by atoms with van der Waals surface area (Å²) in [5, 5.41) is 10.3. The molecule has 0 saturated heterocycles. The SMILES string of the molecule is CC(=O)O[C@H]1CC[C@@]2(C)C(=CC[C@H]3[C@H]2CC[C@]2(C)[C@@H]([C@@H](C)O)CC[C@@H]32)C1. The maximum Gasteiger partial charge on any atom is 0.302 e. The van der Waals surface area contributed by atoms with Crippen molar-refractivity contribution in [2.45, 2.75) is 91.3 Å². The van der Waals surface area contributed by atoms with Crippen molar-refractivity contribution in [3.05, 3.63) is 11.6 Å². The molecule has 26 heavy (non-hydrogen) atoms. The Kier molecular flexibility index (Phi) is 4.53. The van der Waals surface area contributed by atoms with Gasteiger partial charge in [0.15, 0.2) is 0 Å². The fraction of sp³-hybridized carbons (Fsp3) is 0.870. The molecule has 0 radical (unpaired) electrons. The van der Waals surface area contributed by atoms with Gasteiger partial charge in [-0.3, -0.25) is 4.79 Å². The molecule has 0 heterocycles. The van der Waals surface area contributed by atoms with Crippen molar-refractivity contribution < 1.29 is 14.6 Å². The van der Waals surface area contributed by atoms with Crippen LogP contribution in [-0.4, -0.2) is 23.3 Å². The third kappa shape index (κ3) is 2.68. The van der Waals surface area contributed by atoms with E-state index in [1.165, 1.54) is 39.0 Å². The molecule has 4 aliphatic carbocycles. The molecule has 3 fully saturated rings. The number of carbonyl (C=O) groups is 1. The Morgan fingerprint density at radius 1 is 1.19 bits per heavy atom. The highest BCUT2D eigenvalue weighted by molar-refractivity contribution is 5.66. The first-order valence-electron chi connectivity index (χ1n) is 10.8. The number of esters is 1. The molecule has 3 nitrogen and oxygen atoms in total. The van der Waals surface area contributed by atoms with E-state index >= 15 is 0 Å². The molecule has 0 amide bonds. The summed E-state index contributed by atoms with van der Waals surface area (Å²) >= 11 is 0. The van der Waals surface area contributed by atoms with E-state index in [4.69, 9.17) is 4.74 Å². The molecule has 8 atom stereocenters. The summed E-state index contributed by atoms with van der Waals surface area (Å²) in [5.41, 5.74) is 2.18. The van der Waals surface area contributed by atoms with Crippen LogP contribution in [0, 0.1) is 34.5 Å². The predicted octanol–water partition coefficient (Wildman–Crippen LogP) is 4.88. The van der Waals surface area contributed by atoms with Crippen molar-refractivity contribution in [2.75, 3.05) is 0 Å². The van der Waals surface area contributed by atoms with E-state index in [0.717, 1.165) is 37.0 Å². The standard InChI is InChI=1S/C23H36O3/c1-14(24)19-7-8-20-18-6-5-16-13-17(26-15(2)25)9-11-22(16,3)21(18)10-12-23(19,20)4/h5,14,17-21,24H,6-13H2,1-4H3/t14-,17+,18-,19-,20+,21-,22+,23-/m1/s1. The Morgan fingerprint density at radius 3 is 2.65 bits per heavy atom. The number of rotatable bonds is 2. The van der Waals surface area contributed by atoms with Crippen LogP contribution in [-0.2, 0) is 9.53 Å². The average molecular weight is 361 g/mol. The molecule has 4 aliphatic rings. The smallest absolute Gasteiger partial charge is 0.302 e. The monoisotopic (exact) mass is 360 g/mol. The van der Waals surface area contributed by atoms with E-state index in [1.54, 1.807) is 5.57 Å². The van der Waals surface area contributed by atoms with Crippen molar-refractivity contribution in [1.29, 1.82) is 0 Å². The summed E-state index contributed by atoms with van der Waals surface area (Å²) in [6.45, 7) is 8.49. The van der Waals surface area contributed by atoms with Crippen LogP contribution in [0.2, 0.25) is 0 Å². The second-order valence-electron chi connectivity index (χ2n) is 10.2. The first-order valence-corrected chi connectivity index (χ1v) is 10.8. The normalized spacial score (nSPS) is 48.7. The molecule has 0 aromatic rings. The summed E-state index contributed by atoms with van der Waals surface area (Å²) in [6, 6.07) is 0. The van der Waals surface area contributed by atoms with Crippen molar-refractivity contribution in [2.24, 2.45) is 34.5 Å². The maximum atomic E-state index is 11.4. The van der Waals surface area contributed by atoms with E-state index in [2.05, 4.69) is 19.9 Å². The van der Waals surface area contributed by atoms with Crippen LogP contribution in [0.15, 0.2) is 11.6 Å². The molecular formula is C23H36O3. The van der Waals surface area contributed by atoms with Crippen molar-refractivity contribution in [3.8, 4) is 0 Å². The Bertz CT molecular complexity index is 609. The Labute approximate surface area is 158 Å². The third-order valence-electron chi connectivity index (χ3n) is 9.05. The molecule has 0 unspecified atom stereocenters. The topological polar surface area (TPSA) is 46.5 Å². The van der Waals surface area contributed by atoms with Gasteiger partial charge in [0.1, 0.15) is 6.10 Å². The minimum Gasteiger partial charge on any atom is -0.462 e. The van der Waals surface area contributed by atoms with Gasteiger partial charge in [-0.15, -0.1) is 0 Å². The quantitative estimate of drug-likeness (QED) is 0.564. The van der Waals surface area contributed by atoms with E-state index in [0.29, 0.717) is 16.7 Å². The van der Waals surface area contributed by atoms with Gasteiger partial charge in [0, 0.05) is 13.3 Å². The van der Waals surface area contributed by atoms with E-state index in [1.807, 2.05) is 6.92 Å². The van der Waals surface area contributed by atoms with Gasteiger partial charge in [-0.25, -0.2) is 0 Å². The number of ether oxygens (including phenoxy) is 1. The maximum absolute atomic E-state index is 11.4. The number of carbonyl (C=O) groups excluding carboxylic acids is 1. The van der Waals surface area contributed by atoms with E-state index in [9.17, 15) is 9.90 Å². The van der Waals surface area contributed by atoms with Gasteiger partial charge >= 0.3 is 5.97 Å². The number of fused-ring (bicyclic) bond motifs is 5. The average Bonchev–Trinajstić information content (AvgIpc) is 2.92. The summed E-state index contributed by atoms with van der Waals surface area (Å²) in [5.74, 6) is 2.65. The number of hydrogen-bond donors (Lipinski definition) is 1. The summed E-state index contributed by atoms with van der Waals surface area (Å²) in [6.07, 6.45) is 11.8. The van der Waals surface area contributed by atoms with Gasteiger partial charge in [-0.05, 0) is 86.4 Å². The Balaban J connectivity index is 1.58. The lowest BCUT2D eigenvalue weighted by molar-refractivity contribution is -0.148. The van der Waals surface area contributed by atoms with Crippen molar-refractivity contribution in [3.63, 3.8) is 0 Å². The highest BCUT2D eigenvalue weighted by atomic mass is 16.5. The zero-order chi connectivity index (χ0) is 18.7. The molecular weight excluding hydrogens is 324 g/mol. The molecule has 1 N–H and O–H groups in total. The Hall–Kier alpha value is -0.830. The number of aliphatic hydroxyl groups is 1. The zero-order valence-electron chi connectivity index (χ0n) is 17.0. The summed E-state index contributed by atoms with van der Waals surface area (Å²) in [7, 11) is 0. The first-order chi connectivity index (χ1) is 12.3. The lowest BCUT2D eigenvalue weighted by Crippen LogP contribution is -2.51.